The van der Waals surface area contributed by atoms with E-state index in [2.05, 4.69) is 41.6 Å². The Balaban J connectivity index is 2.37. The van der Waals surface area contributed by atoms with E-state index in [9.17, 15) is 4.39 Å². The van der Waals surface area contributed by atoms with E-state index < -0.39 is 5.82 Å². The number of hydrazine groups is 1. The second-order valence-electron chi connectivity index (χ2n) is 3.34. The van der Waals surface area contributed by atoms with E-state index in [0.29, 0.717) is 4.47 Å². The molecule has 0 aliphatic carbocycles. The number of halogens is 2. The van der Waals surface area contributed by atoms with Gasteiger partial charge in [-0.2, -0.15) is 15.0 Å². The number of rotatable bonds is 4. The topological polar surface area (TPSA) is 98.0 Å². The van der Waals surface area contributed by atoms with Gasteiger partial charge in [-0.25, -0.2) is 10.2 Å². The highest BCUT2D eigenvalue weighted by atomic mass is 79.9. The second-order valence-corrected chi connectivity index (χ2v) is 4.19. The largest absolute Gasteiger partial charge is 0.467 e. The van der Waals surface area contributed by atoms with Crippen LogP contribution >= 0.6 is 15.9 Å². The van der Waals surface area contributed by atoms with E-state index in [1.54, 1.807) is 12.1 Å². The molecule has 7 nitrogen and oxygen atoms in total. The van der Waals surface area contributed by atoms with Gasteiger partial charge in [0, 0.05) is 4.47 Å². The van der Waals surface area contributed by atoms with E-state index in [1.165, 1.54) is 13.2 Å². The Bertz CT molecular complexity index is 554. The van der Waals surface area contributed by atoms with Crippen molar-refractivity contribution in [1.82, 2.24) is 15.0 Å². The average Bonchev–Trinajstić information content (AvgIpc) is 2.42. The molecule has 0 amide bonds. The quantitative estimate of drug-likeness (QED) is 0.581. The molecule has 1 aromatic heterocycles. The molecule has 19 heavy (non-hydrogen) atoms. The van der Waals surface area contributed by atoms with Crippen LogP contribution in [0.25, 0.3) is 0 Å². The van der Waals surface area contributed by atoms with Gasteiger partial charge >= 0.3 is 6.01 Å². The highest BCUT2D eigenvalue weighted by Crippen LogP contribution is 2.27. The second kappa shape index (κ2) is 5.76. The molecule has 0 saturated heterocycles. The number of nitrogen functional groups attached to an aromatic ring is 1. The summed E-state index contributed by atoms with van der Waals surface area (Å²) in [6, 6.07) is 4.63. The fourth-order valence-electron chi connectivity index (χ4n) is 1.30. The predicted molar refractivity (Wildman–Crippen MR) is 71.6 cm³/mol. The van der Waals surface area contributed by atoms with Gasteiger partial charge in [0.05, 0.1) is 12.8 Å². The van der Waals surface area contributed by atoms with E-state index in [1.807, 2.05) is 0 Å². The average molecular weight is 329 g/mol. The van der Waals surface area contributed by atoms with E-state index >= 15 is 0 Å². The number of nitrogens with one attached hydrogen (secondary N) is 2. The number of hydrogen-bond acceptors (Lipinski definition) is 7. The third-order valence-corrected chi connectivity index (χ3v) is 2.79. The van der Waals surface area contributed by atoms with Gasteiger partial charge in [-0.05, 0) is 28.1 Å². The lowest BCUT2D eigenvalue weighted by atomic mass is 10.3. The Labute approximate surface area is 116 Å². The van der Waals surface area contributed by atoms with Gasteiger partial charge in [0.25, 0.3) is 0 Å². The van der Waals surface area contributed by atoms with Crippen LogP contribution in [0, 0.1) is 5.82 Å². The first-order chi connectivity index (χ1) is 9.13. The minimum Gasteiger partial charge on any atom is -0.467 e. The van der Waals surface area contributed by atoms with Crippen LogP contribution in [0.4, 0.5) is 22.0 Å². The molecule has 0 aliphatic heterocycles. The molecular weight excluding hydrogens is 319 g/mol. The van der Waals surface area contributed by atoms with Gasteiger partial charge in [0.15, 0.2) is 0 Å². The van der Waals surface area contributed by atoms with Crippen molar-refractivity contribution in [1.29, 1.82) is 0 Å². The molecule has 2 rings (SSSR count). The Kier molecular flexibility index (Phi) is 4.07. The summed E-state index contributed by atoms with van der Waals surface area (Å²) in [5, 5.41) is 2.73. The maximum Gasteiger partial charge on any atom is 0.322 e. The molecule has 0 unspecified atom stereocenters. The first kappa shape index (κ1) is 13.4. The van der Waals surface area contributed by atoms with Crippen LogP contribution < -0.4 is 21.3 Å². The van der Waals surface area contributed by atoms with Gasteiger partial charge < -0.3 is 10.1 Å². The first-order valence-corrected chi connectivity index (χ1v) is 5.91. The molecule has 4 N–H and O–H groups in total. The summed E-state index contributed by atoms with van der Waals surface area (Å²) in [4.78, 5) is 11.7. The summed E-state index contributed by atoms with van der Waals surface area (Å²) in [5.41, 5.74) is 2.48. The van der Waals surface area contributed by atoms with Gasteiger partial charge in [-0.15, -0.1) is 0 Å². The van der Waals surface area contributed by atoms with Crippen molar-refractivity contribution in [3.63, 3.8) is 0 Å². The molecular formula is C10H10BrFN6O. The summed E-state index contributed by atoms with van der Waals surface area (Å²) >= 11 is 3.23. The van der Waals surface area contributed by atoms with Crippen molar-refractivity contribution < 1.29 is 9.13 Å². The number of methoxy groups -OCH3 is 1. The zero-order valence-corrected chi connectivity index (χ0v) is 11.4. The first-order valence-electron chi connectivity index (χ1n) is 5.11. The fourth-order valence-corrected chi connectivity index (χ4v) is 1.74. The van der Waals surface area contributed by atoms with Gasteiger partial charge in [-0.1, -0.05) is 6.07 Å². The minimum atomic E-state index is -0.448. The number of nitrogens with zero attached hydrogens (tertiary/aromatic N) is 3. The lowest BCUT2D eigenvalue weighted by Gasteiger charge is -2.09. The molecule has 9 heteroatoms. The van der Waals surface area contributed by atoms with Gasteiger partial charge in [0.2, 0.25) is 11.9 Å². The van der Waals surface area contributed by atoms with Gasteiger partial charge in [-0.3, -0.25) is 5.43 Å². The molecule has 0 atom stereocenters. The number of anilines is 3. The summed E-state index contributed by atoms with van der Waals surface area (Å²) in [7, 11) is 1.40. The summed E-state index contributed by atoms with van der Waals surface area (Å²) in [6.45, 7) is 0. The zero-order chi connectivity index (χ0) is 13.8. The Hall–Kier alpha value is -2.00. The molecule has 0 bridgehead atoms. The molecule has 100 valence electrons. The van der Waals surface area contributed by atoms with Crippen LogP contribution in [-0.4, -0.2) is 22.1 Å². The Morgan fingerprint density at radius 2 is 2.00 bits per heavy atom. The van der Waals surface area contributed by atoms with Crippen molar-refractivity contribution in [2.45, 2.75) is 0 Å². The summed E-state index contributed by atoms with van der Waals surface area (Å²) in [6.07, 6.45) is 0. The Morgan fingerprint density at radius 3 is 2.63 bits per heavy atom. The number of hydrogen-bond donors (Lipinski definition) is 3. The van der Waals surface area contributed by atoms with E-state index in [0.717, 1.165) is 0 Å². The molecule has 0 fully saturated rings. The highest BCUT2D eigenvalue weighted by Gasteiger charge is 2.11. The lowest BCUT2D eigenvalue weighted by molar-refractivity contribution is 0.379. The van der Waals surface area contributed by atoms with Crippen LogP contribution in [0.1, 0.15) is 0 Å². The van der Waals surface area contributed by atoms with Crippen LogP contribution in [0.15, 0.2) is 22.7 Å². The van der Waals surface area contributed by atoms with Gasteiger partial charge in [0.1, 0.15) is 5.82 Å². The third kappa shape index (κ3) is 3.06. The molecule has 1 aromatic carbocycles. The van der Waals surface area contributed by atoms with Crippen molar-refractivity contribution in [3.8, 4) is 6.01 Å². The van der Waals surface area contributed by atoms with E-state index in [-0.39, 0.29) is 23.6 Å². The molecule has 0 aliphatic rings. The highest BCUT2D eigenvalue weighted by molar-refractivity contribution is 9.10. The molecule has 1 heterocycles. The van der Waals surface area contributed by atoms with Crippen LogP contribution in [0.2, 0.25) is 0 Å². The SMILES string of the molecule is COc1nc(NN)nc(Nc2c(F)cccc2Br)n1. The minimum absolute atomic E-state index is 0.0536. The zero-order valence-electron chi connectivity index (χ0n) is 9.82. The number of para-hydroxylation sites is 1. The lowest BCUT2D eigenvalue weighted by Crippen LogP contribution is -2.13. The van der Waals surface area contributed by atoms with Crippen molar-refractivity contribution in [2.24, 2.45) is 5.84 Å². The van der Waals surface area contributed by atoms with Crippen LogP contribution in [0.5, 0.6) is 6.01 Å². The smallest absolute Gasteiger partial charge is 0.322 e. The van der Waals surface area contributed by atoms with Crippen molar-refractivity contribution in [2.75, 3.05) is 17.9 Å². The number of benzene rings is 1. The maximum atomic E-state index is 13.7. The summed E-state index contributed by atoms with van der Waals surface area (Å²) < 4.78 is 19.1. The number of nitrogens with two attached hydrogens (primary N) is 1. The summed E-state index contributed by atoms with van der Waals surface area (Å²) in [5.74, 6) is 4.98. The third-order valence-electron chi connectivity index (χ3n) is 2.13. The van der Waals surface area contributed by atoms with Crippen molar-refractivity contribution >= 4 is 33.5 Å². The van der Waals surface area contributed by atoms with Crippen LogP contribution in [0.3, 0.4) is 0 Å². The molecule has 2 aromatic rings. The monoisotopic (exact) mass is 328 g/mol. The predicted octanol–water partition coefficient (Wildman–Crippen LogP) is 1.81. The fraction of sp³-hybridized carbons (Fsp3) is 0.100. The van der Waals surface area contributed by atoms with E-state index in [4.69, 9.17) is 10.6 Å². The maximum absolute atomic E-state index is 13.7. The Morgan fingerprint density at radius 1 is 1.26 bits per heavy atom. The standard InChI is InChI=1S/C10H10BrFN6O/c1-19-10-16-8(15-9(17-10)18-13)14-7-5(11)3-2-4-6(7)12/h2-4H,13H2,1H3,(H2,14,15,16,17,18). The normalized spacial score (nSPS) is 10.1. The molecule has 0 saturated carbocycles. The number of aromatic nitrogens is 3. The molecule has 0 spiro atoms. The van der Waals surface area contributed by atoms with Crippen LogP contribution in [-0.2, 0) is 0 Å². The number of ether oxygens (including phenoxy) is 1. The molecule has 0 radical (unpaired) electrons. The van der Waals surface area contributed by atoms with Crippen molar-refractivity contribution in [3.05, 3.63) is 28.5 Å².